The van der Waals surface area contributed by atoms with Crippen molar-refractivity contribution in [1.82, 2.24) is 19.5 Å². The lowest BCUT2D eigenvalue weighted by molar-refractivity contribution is 0.171. The van der Waals surface area contributed by atoms with Gasteiger partial charge in [0, 0.05) is 30.8 Å². The van der Waals surface area contributed by atoms with E-state index in [0.29, 0.717) is 19.6 Å². The second-order valence-corrected chi connectivity index (χ2v) is 8.92. The van der Waals surface area contributed by atoms with E-state index in [0.717, 1.165) is 53.0 Å². The molecule has 2 aliphatic heterocycles. The number of likely N-dealkylation sites (tertiary alicyclic amines) is 1. The van der Waals surface area contributed by atoms with E-state index in [4.69, 9.17) is 19.6 Å². The van der Waals surface area contributed by atoms with Crippen LogP contribution in [-0.2, 0) is 6.42 Å². The van der Waals surface area contributed by atoms with E-state index < -0.39 is 0 Å². The number of fused-ring (bicyclic) bond motifs is 2. The molecule has 0 spiro atoms. The molecule has 1 fully saturated rings. The molecule has 0 aliphatic carbocycles. The molecule has 6 rings (SSSR count). The highest BCUT2D eigenvalue weighted by atomic mass is 16.6. The van der Waals surface area contributed by atoms with E-state index in [1.54, 1.807) is 0 Å². The van der Waals surface area contributed by atoms with Crippen molar-refractivity contribution in [3.8, 4) is 22.8 Å². The highest BCUT2D eigenvalue weighted by Gasteiger charge is 2.15. The summed E-state index contributed by atoms with van der Waals surface area (Å²) in [4.78, 5) is 7.32. The van der Waals surface area contributed by atoms with E-state index in [-0.39, 0.29) is 0 Å². The van der Waals surface area contributed by atoms with Crippen LogP contribution in [0.25, 0.3) is 16.9 Å². The minimum absolute atomic E-state index is 0.570. The summed E-state index contributed by atoms with van der Waals surface area (Å²) in [5, 5.41) is 8.42. The maximum Gasteiger partial charge on any atom is 0.162 e. The van der Waals surface area contributed by atoms with E-state index in [9.17, 15) is 0 Å². The first-order valence-electron chi connectivity index (χ1n) is 12.1. The fraction of sp³-hybridized carbons (Fsp3) is 0.333. The highest BCUT2D eigenvalue weighted by Crippen LogP contribution is 2.34. The Morgan fingerprint density at radius 1 is 0.882 bits per heavy atom. The molecule has 2 aromatic carbocycles. The Morgan fingerprint density at radius 2 is 1.74 bits per heavy atom. The minimum atomic E-state index is 0.570. The van der Waals surface area contributed by atoms with Crippen molar-refractivity contribution in [2.45, 2.75) is 19.3 Å². The Morgan fingerprint density at radius 3 is 2.65 bits per heavy atom. The molecule has 2 aliphatic rings. The number of anilines is 1. The van der Waals surface area contributed by atoms with E-state index in [1.165, 1.54) is 31.5 Å². The first kappa shape index (κ1) is 21.0. The van der Waals surface area contributed by atoms with Crippen LogP contribution in [0.1, 0.15) is 24.2 Å². The Bertz CT molecular complexity index is 1300. The van der Waals surface area contributed by atoms with E-state index in [2.05, 4.69) is 40.5 Å². The number of aromatic nitrogens is 3. The molecule has 0 bridgehead atoms. The summed E-state index contributed by atoms with van der Waals surface area (Å²) in [6.07, 6.45) is 3.35. The number of pyridine rings is 1. The minimum Gasteiger partial charge on any atom is -0.486 e. The molecule has 7 heteroatoms. The number of nitrogens with zero attached hydrogens (tertiary/aromatic N) is 4. The summed E-state index contributed by atoms with van der Waals surface area (Å²) in [6, 6.07) is 20.7. The lowest BCUT2D eigenvalue weighted by Crippen LogP contribution is -2.25. The van der Waals surface area contributed by atoms with Crippen molar-refractivity contribution in [3.05, 3.63) is 72.1 Å². The predicted octanol–water partition coefficient (Wildman–Crippen LogP) is 4.27. The number of hydrogen-bond donors (Lipinski definition) is 1. The number of hydrogen-bond acceptors (Lipinski definition) is 6. The maximum atomic E-state index is 5.77. The standard InChI is InChI=1S/C27H29N5O2/c1-2-13-31(12-1)14-11-28-22-6-3-5-20(17-22)18-26-29-27-8-4-7-23(32(27)30-26)21-9-10-24-25(19-21)34-16-15-33-24/h3-10,17,19,28H,1-2,11-16,18H2. The fourth-order valence-corrected chi connectivity index (χ4v) is 4.78. The topological polar surface area (TPSA) is 63.9 Å². The second-order valence-electron chi connectivity index (χ2n) is 8.92. The van der Waals surface area contributed by atoms with Crippen LogP contribution in [0.4, 0.5) is 5.69 Å². The molecule has 0 amide bonds. The van der Waals surface area contributed by atoms with Crippen LogP contribution in [0.3, 0.4) is 0 Å². The summed E-state index contributed by atoms with van der Waals surface area (Å²) in [5.41, 5.74) is 5.18. The monoisotopic (exact) mass is 455 g/mol. The highest BCUT2D eigenvalue weighted by molar-refractivity contribution is 5.66. The van der Waals surface area contributed by atoms with Crippen molar-refractivity contribution in [1.29, 1.82) is 0 Å². The third kappa shape index (κ3) is 4.43. The number of ether oxygens (including phenoxy) is 2. The summed E-state index contributed by atoms with van der Waals surface area (Å²) in [6.45, 7) is 5.69. The molecule has 1 saturated heterocycles. The van der Waals surface area contributed by atoms with E-state index >= 15 is 0 Å². The Labute approximate surface area is 199 Å². The van der Waals surface area contributed by atoms with Gasteiger partial charge in [-0.05, 0) is 74.0 Å². The van der Waals surface area contributed by atoms with Gasteiger partial charge in [-0.2, -0.15) is 5.10 Å². The molecule has 0 saturated carbocycles. The van der Waals surface area contributed by atoms with Gasteiger partial charge in [0.2, 0.25) is 0 Å². The molecule has 2 aromatic heterocycles. The Hall–Kier alpha value is -3.58. The first-order valence-corrected chi connectivity index (χ1v) is 12.1. The summed E-state index contributed by atoms with van der Waals surface area (Å²) in [7, 11) is 0. The van der Waals surface area contributed by atoms with Gasteiger partial charge in [-0.25, -0.2) is 9.50 Å². The molecule has 174 valence electrons. The van der Waals surface area contributed by atoms with Crippen LogP contribution < -0.4 is 14.8 Å². The largest absolute Gasteiger partial charge is 0.486 e. The Kier molecular flexibility index (Phi) is 5.77. The third-order valence-corrected chi connectivity index (χ3v) is 6.49. The van der Waals surface area contributed by atoms with Gasteiger partial charge in [0.05, 0.1) is 5.69 Å². The summed E-state index contributed by atoms with van der Waals surface area (Å²) in [5.74, 6) is 2.37. The van der Waals surface area contributed by atoms with Crippen LogP contribution in [0.15, 0.2) is 60.7 Å². The van der Waals surface area contributed by atoms with Crippen molar-refractivity contribution >= 4 is 11.3 Å². The zero-order valence-electron chi connectivity index (χ0n) is 19.2. The quantitative estimate of drug-likeness (QED) is 0.449. The number of nitrogens with one attached hydrogen (secondary N) is 1. The first-order chi connectivity index (χ1) is 16.8. The maximum absolute atomic E-state index is 5.77. The smallest absolute Gasteiger partial charge is 0.162 e. The third-order valence-electron chi connectivity index (χ3n) is 6.49. The molecular weight excluding hydrogens is 426 g/mol. The second kappa shape index (κ2) is 9.35. The van der Waals surface area contributed by atoms with Crippen molar-refractivity contribution in [2.75, 3.05) is 44.7 Å². The van der Waals surface area contributed by atoms with Crippen LogP contribution in [0, 0.1) is 0 Å². The lowest BCUT2D eigenvalue weighted by Gasteiger charge is -2.19. The van der Waals surface area contributed by atoms with Crippen molar-refractivity contribution in [2.24, 2.45) is 0 Å². The molecule has 1 N–H and O–H groups in total. The van der Waals surface area contributed by atoms with Gasteiger partial charge < -0.3 is 19.7 Å². The van der Waals surface area contributed by atoms with Crippen molar-refractivity contribution in [3.63, 3.8) is 0 Å². The van der Waals surface area contributed by atoms with Crippen molar-refractivity contribution < 1.29 is 9.47 Å². The molecule has 0 atom stereocenters. The molecule has 4 aromatic rings. The molecule has 7 nitrogen and oxygen atoms in total. The molecule has 0 unspecified atom stereocenters. The van der Waals surface area contributed by atoms with Gasteiger partial charge in [-0.15, -0.1) is 0 Å². The Balaban J connectivity index is 1.20. The molecule has 4 heterocycles. The van der Waals surface area contributed by atoms with Crippen LogP contribution in [0.2, 0.25) is 0 Å². The SMILES string of the molecule is c1cc(Cc2nc3cccc(-c4ccc5c(c4)OCCO5)n3n2)cc(NCCN2CCCC2)c1. The van der Waals surface area contributed by atoms with Crippen LogP contribution >= 0.6 is 0 Å². The lowest BCUT2D eigenvalue weighted by atomic mass is 10.1. The van der Waals surface area contributed by atoms with E-state index in [1.807, 2.05) is 34.8 Å². The van der Waals surface area contributed by atoms with Gasteiger partial charge in [0.15, 0.2) is 23.0 Å². The number of benzene rings is 2. The predicted molar refractivity (Wildman–Crippen MR) is 133 cm³/mol. The summed E-state index contributed by atoms with van der Waals surface area (Å²) < 4.78 is 13.4. The van der Waals surface area contributed by atoms with Gasteiger partial charge in [0.1, 0.15) is 13.2 Å². The van der Waals surface area contributed by atoms with Gasteiger partial charge in [-0.1, -0.05) is 18.2 Å². The van der Waals surface area contributed by atoms with Gasteiger partial charge in [-0.3, -0.25) is 0 Å². The van der Waals surface area contributed by atoms with Crippen LogP contribution in [0.5, 0.6) is 11.5 Å². The molecular formula is C27H29N5O2. The zero-order chi connectivity index (χ0) is 22.7. The molecule has 34 heavy (non-hydrogen) atoms. The fourth-order valence-electron chi connectivity index (χ4n) is 4.78. The average Bonchev–Trinajstić information content (AvgIpc) is 3.53. The normalized spacial score (nSPS) is 15.6. The molecule has 0 radical (unpaired) electrons. The zero-order valence-corrected chi connectivity index (χ0v) is 19.2. The van der Waals surface area contributed by atoms with Gasteiger partial charge >= 0.3 is 0 Å². The summed E-state index contributed by atoms with van der Waals surface area (Å²) >= 11 is 0. The average molecular weight is 456 g/mol. The van der Waals surface area contributed by atoms with Gasteiger partial charge in [0.25, 0.3) is 0 Å². The number of rotatable bonds is 7. The van der Waals surface area contributed by atoms with Crippen LogP contribution in [-0.4, -0.2) is 58.9 Å².